The second-order valence-electron chi connectivity index (χ2n) is 21.0. The summed E-state index contributed by atoms with van der Waals surface area (Å²) < 4.78 is 25.4. The average molecular weight is 1160 g/mol. The van der Waals surface area contributed by atoms with E-state index in [0.717, 1.165) is 78.9 Å². The van der Waals surface area contributed by atoms with Crippen molar-refractivity contribution in [3.63, 3.8) is 0 Å². The van der Waals surface area contributed by atoms with Gasteiger partial charge >= 0.3 is 0 Å². The maximum absolute atomic E-state index is 13.0. The van der Waals surface area contributed by atoms with Crippen LogP contribution in [0.2, 0.25) is 0 Å². The van der Waals surface area contributed by atoms with Crippen LogP contribution in [-0.2, 0) is 6.42 Å². The highest BCUT2D eigenvalue weighted by atomic mass is 16.5. The Hall–Kier alpha value is -10.4. The van der Waals surface area contributed by atoms with E-state index in [1.54, 1.807) is 0 Å². The van der Waals surface area contributed by atoms with Crippen molar-refractivity contribution in [2.45, 2.75) is 73.0 Å². The minimum atomic E-state index is -2.15. The molecule has 0 bridgehead atoms. The summed E-state index contributed by atoms with van der Waals surface area (Å²) in [6.07, 6.45) is -14.6. The first-order valence-corrected chi connectivity index (χ1v) is 25.7. The Morgan fingerprint density at radius 2 is 0.619 bits per heavy atom. The Morgan fingerprint density at radius 3 is 1.02 bits per heavy atom. The van der Waals surface area contributed by atoms with E-state index < -0.39 is 204 Å². The van der Waals surface area contributed by atoms with Crippen molar-refractivity contribution < 1.29 is 121 Å². The standard InChI is InChI=1S/C60H50O24/c61-23-13-33(70)42-41(14-23)82-56(20-2-6-26(63)30(67)10-20)52(78)48(42)44-34(71)16-36(73)46-50(54(80)58(84-59(44)46)22-4-8-28(65)32(69)12-22)47-37(74)17-35(72)45-49(53(79)57(83-60(45)47)21-3-7-27(64)31(68)11-21)43-38(75)18-40-24(51(43)77)15-39(76)55(81-40)19-1-5-25(62)29(66)9-19/h1-14,16-18,39,48-50,52-58,61-80H,15H2/t39-,48-,49+,50-,52+,53+,54+,55+,56-,57-,58-/m1/s1. The Kier molecular flexibility index (Phi) is 12.7. The zero-order chi connectivity index (χ0) is 59.8. The van der Waals surface area contributed by atoms with Crippen molar-refractivity contribution in [1.82, 2.24) is 0 Å². The van der Waals surface area contributed by atoms with Gasteiger partial charge in [-0.3, -0.25) is 0 Å². The number of ether oxygens (including phenoxy) is 4. The van der Waals surface area contributed by atoms with Crippen molar-refractivity contribution in [2.24, 2.45) is 0 Å². The monoisotopic (exact) mass is 1150 g/mol. The van der Waals surface area contributed by atoms with Crippen LogP contribution >= 0.6 is 0 Å². The van der Waals surface area contributed by atoms with Crippen LogP contribution in [0.15, 0.2) is 103 Å². The smallest absolute Gasteiger partial charge is 0.157 e. The normalized spacial score (nSPS) is 24.0. The van der Waals surface area contributed by atoms with Crippen molar-refractivity contribution >= 4 is 0 Å². The number of aliphatic hydroxyl groups is 4. The largest absolute Gasteiger partial charge is 0.508 e. The molecule has 4 aliphatic heterocycles. The molecule has 0 radical (unpaired) electrons. The predicted molar refractivity (Wildman–Crippen MR) is 285 cm³/mol. The molecule has 0 unspecified atom stereocenters. The second-order valence-corrected chi connectivity index (χ2v) is 21.0. The molecule has 8 aromatic rings. The van der Waals surface area contributed by atoms with Crippen molar-refractivity contribution in [1.29, 1.82) is 0 Å². The topological polar surface area (TPSA) is 442 Å². The third-order valence-corrected chi connectivity index (χ3v) is 16.0. The maximum Gasteiger partial charge on any atom is 0.157 e. The number of aromatic hydroxyl groups is 16. The molecule has 4 aliphatic rings. The lowest BCUT2D eigenvalue weighted by molar-refractivity contribution is -0.00771. The molecule has 24 nitrogen and oxygen atoms in total. The molecule has 8 aromatic carbocycles. The Bertz CT molecular complexity index is 4030. The number of phenolic OH excluding ortho intramolecular Hbond substituents is 16. The van der Waals surface area contributed by atoms with Gasteiger partial charge in [0.1, 0.15) is 93.4 Å². The molecule has 84 heavy (non-hydrogen) atoms. The number of aliphatic hydroxyl groups excluding tert-OH is 4. The van der Waals surface area contributed by atoms with Gasteiger partial charge in [0.15, 0.2) is 64.3 Å². The van der Waals surface area contributed by atoms with E-state index in [4.69, 9.17) is 18.9 Å². The molecule has 434 valence electrons. The summed E-state index contributed by atoms with van der Waals surface area (Å²) in [6, 6.07) is 18.0. The number of fused-ring (bicyclic) bond motifs is 4. The van der Waals surface area contributed by atoms with Crippen molar-refractivity contribution in [3.05, 3.63) is 164 Å². The highest BCUT2D eigenvalue weighted by molar-refractivity contribution is 5.73. The zero-order valence-corrected chi connectivity index (χ0v) is 43.0. The van der Waals surface area contributed by atoms with Gasteiger partial charge in [0.05, 0.1) is 23.9 Å². The SMILES string of the molecule is Oc1cc(O)c2c(c1)O[C@H](c1ccc(O)c(O)c1)[C@@H](O)[C@H]2c1c(O)cc(O)c2c1O[C@H](c1ccc(O)c(O)c1)[C@@H](O)[C@H]2c1c(O)cc(O)c2c1O[C@H](c1ccc(O)c(O)c1)[C@@H](O)[C@H]2c1c(O)cc2c(c1O)C[C@@H](O)[C@H](c1ccc(O)c(O)c1)O2. The van der Waals surface area contributed by atoms with Crippen molar-refractivity contribution in [2.75, 3.05) is 0 Å². The lowest BCUT2D eigenvalue weighted by Crippen LogP contribution is -2.39. The molecular weight excluding hydrogens is 1100 g/mol. The number of rotatable bonds is 7. The maximum atomic E-state index is 13.0. The predicted octanol–water partition coefficient (Wildman–Crippen LogP) is 5.89. The van der Waals surface area contributed by atoms with Crippen LogP contribution < -0.4 is 18.9 Å². The first-order valence-electron chi connectivity index (χ1n) is 25.7. The molecule has 0 saturated carbocycles. The fraction of sp³-hybridized carbons (Fsp3) is 0.200. The summed E-state index contributed by atoms with van der Waals surface area (Å²) >= 11 is 0. The summed E-state index contributed by atoms with van der Waals surface area (Å²) in [4.78, 5) is 0. The van der Waals surface area contributed by atoms with Gasteiger partial charge in [-0.15, -0.1) is 0 Å². The quantitative estimate of drug-likeness (QED) is 0.0827. The van der Waals surface area contributed by atoms with Gasteiger partial charge < -0.3 is 121 Å². The van der Waals surface area contributed by atoms with E-state index in [2.05, 4.69) is 0 Å². The first-order chi connectivity index (χ1) is 39.9. The average Bonchev–Trinajstić information content (AvgIpc) is 0.873. The molecule has 0 spiro atoms. The zero-order valence-electron chi connectivity index (χ0n) is 43.0. The van der Waals surface area contributed by atoms with Crippen LogP contribution in [0.25, 0.3) is 0 Å². The van der Waals surface area contributed by atoms with Gasteiger partial charge in [-0.25, -0.2) is 0 Å². The molecule has 0 saturated heterocycles. The van der Waals surface area contributed by atoms with E-state index in [-0.39, 0.29) is 44.9 Å². The fourth-order valence-corrected chi connectivity index (χ4v) is 12.2. The van der Waals surface area contributed by atoms with Gasteiger partial charge in [-0.2, -0.15) is 0 Å². The van der Waals surface area contributed by atoms with E-state index in [0.29, 0.717) is 0 Å². The van der Waals surface area contributed by atoms with Gasteiger partial charge in [0, 0.05) is 75.7 Å². The lowest BCUT2D eigenvalue weighted by atomic mass is 9.72. The molecule has 0 fully saturated rings. The second kappa shape index (κ2) is 19.7. The molecule has 0 aliphatic carbocycles. The van der Waals surface area contributed by atoms with Crippen LogP contribution in [0.1, 0.15) is 103 Å². The van der Waals surface area contributed by atoms with E-state index in [1.165, 1.54) is 24.3 Å². The van der Waals surface area contributed by atoms with E-state index in [9.17, 15) is 102 Å². The molecule has 11 atom stereocenters. The van der Waals surface area contributed by atoms with Gasteiger partial charge in [0.2, 0.25) is 0 Å². The van der Waals surface area contributed by atoms with E-state index >= 15 is 0 Å². The summed E-state index contributed by atoms with van der Waals surface area (Å²) in [5, 5.41) is 229. The number of hydrogen-bond donors (Lipinski definition) is 20. The van der Waals surface area contributed by atoms with Crippen LogP contribution in [0, 0.1) is 0 Å². The summed E-state index contributed by atoms with van der Waals surface area (Å²) in [7, 11) is 0. The third-order valence-electron chi connectivity index (χ3n) is 16.0. The van der Waals surface area contributed by atoms with Crippen LogP contribution in [0.3, 0.4) is 0 Å². The van der Waals surface area contributed by atoms with Gasteiger partial charge in [0.25, 0.3) is 0 Å². The molecule has 20 N–H and O–H groups in total. The first kappa shape index (κ1) is 54.2. The van der Waals surface area contributed by atoms with Crippen LogP contribution in [-0.4, -0.2) is 127 Å². The molecule has 24 heteroatoms. The van der Waals surface area contributed by atoms with Crippen LogP contribution in [0.5, 0.6) is 115 Å². The molecular formula is C60H50O24. The minimum absolute atomic E-state index is 0.000225. The highest BCUT2D eigenvalue weighted by Crippen LogP contribution is 2.65. The van der Waals surface area contributed by atoms with Gasteiger partial charge in [-0.05, 0) is 70.8 Å². The Morgan fingerprint density at radius 1 is 0.286 bits per heavy atom. The number of benzene rings is 8. The van der Waals surface area contributed by atoms with Crippen molar-refractivity contribution in [3.8, 4) is 115 Å². The number of hydrogen-bond acceptors (Lipinski definition) is 24. The van der Waals surface area contributed by atoms with Gasteiger partial charge in [-0.1, -0.05) is 24.3 Å². The van der Waals surface area contributed by atoms with Crippen LogP contribution in [0.4, 0.5) is 0 Å². The fourth-order valence-electron chi connectivity index (χ4n) is 12.2. The molecule has 0 amide bonds. The molecule has 12 rings (SSSR count). The summed E-state index contributed by atoms with van der Waals surface area (Å²) in [5.74, 6) is -19.0. The van der Waals surface area contributed by atoms with E-state index in [1.807, 2.05) is 0 Å². The highest BCUT2D eigenvalue weighted by Gasteiger charge is 2.53. The summed E-state index contributed by atoms with van der Waals surface area (Å²) in [5.41, 5.74) is -3.26. The minimum Gasteiger partial charge on any atom is -0.508 e. The number of phenols is 16. The molecule has 0 aromatic heterocycles. The summed E-state index contributed by atoms with van der Waals surface area (Å²) in [6.45, 7) is 0. The lowest BCUT2D eigenvalue weighted by Gasteiger charge is -2.44. The Labute approximate surface area is 472 Å². The molecule has 4 heterocycles. The third kappa shape index (κ3) is 8.44. The Balaban J connectivity index is 1.11.